The minimum absolute atomic E-state index is 0.134. The van der Waals surface area contributed by atoms with Crippen molar-refractivity contribution in [2.75, 3.05) is 6.79 Å². The predicted octanol–water partition coefficient (Wildman–Crippen LogP) is 1.26. The van der Waals surface area contributed by atoms with Gasteiger partial charge in [0, 0.05) is 12.6 Å². The number of aromatic nitrogens is 2. The Morgan fingerprint density at radius 2 is 1.90 bits per heavy atom. The largest absolute Gasteiger partial charge is 0.454 e. The molecule has 1 amide bonds. The fraction of sp³-hybridized carbons (Fsp3) is 0.150. The van der Waals surface area contributed by atoms with E-state index in [1.54, 1.807) is 18.2 Å². The Balaban J connectivity index is 1.48. The number of nitrogens with zero attached hydrogens (tertiary/aromatic N) is 2. The van der Waals surface area contributed by atoms with Gasteiger partial charge in [0.15, 0.2) is 16.5 Å². The molecule has 0 atom stereocenters. The van der Waals surface area contributed by atoms with Gasteiger partial charge >= 0.3 is 0 Å². The third-order valence-corrected chi connectivity index (χ3v) is 6.09. The third kappa shape index (κ3) is 4.40. The molecule has 0 unspecified atom stereocenters. The lowest BCUT2D eigenvalue weighted by atomic mass is 10.2. The maximum absolute atomic E-state index is 13.4. The van der Waals surface area contributed by atoms with Gasteiger partial charge in [-0.25, -0.2) is 17.5 Å². The van der Waals surface area contributed by atoms with E-state index in [9.17, 15) is 22.4 Å². The van der Waals surface area contributed by atoms with Crippen molar-refractivity contribution in [3.05, 3.63) is 76.3 Å². The van der Waals surface area contributed by atoms with Gasteiger partial charge in [0.05, 0.1) is 4.90 Å². The molecule has 0 fully saturated rings. The van der Waals surface area contributed by atoms with Gasteiger partial charge in [0.2, 0.25) is 22.5 Å². The predicted molar refractivity (Wildman–Crippen MR) is 105 cm³/mol. The first-order chi connectivity index (χ1) is 14.8. The number of sulfone groups is 1. The number of hydrogen-bond acceptors (Lipinski definition) is 7. The van der Waals surface area contributed by atoms with Crippen molar-refractivity contribution in [1.29, 1.82) is 0 Å². The van der Waals surface area contributed by atoms with Gasteiger partial charge in [-0.1, -0.05) is 12.1 Å². The minimum Gasteiger partial charge on any atom is -0.454 e. The van der Waals surface area contributed by atoms with Crippen LogP contribution >= 0.6 is 0 Å². The number of fused-ring (bicyclic) bond motifs is 1. The van der Waals surface area contributed by atoms with Crippen LogP contribution in [-0.4, -0.2) is 30.9 Å². The summed E-state index contributed by atoms with van der Waals surface area (Å²) in [5.74, 6) is -0.0908. The van der Waals surface area contributed by atoms with Crippen LogP contribution in [0.5, 0.6) is 11.5 Å². The SMILES string of the molecule is O=C(Cn1nc(S(=O)(=O)c2cccc(F)c2)ccc1=O)NCc1ccc2c(c1)OCO2. The number of rotatable bonds is 6. The van der Waals surface area contributed by atoms with Crippen molar-refractivity contribution in [2.24, 2.45) is 0 Å². The molecule has 160 valence electrons. The lowest BCUT2D eigenvalue weighted by Gasteiger charge is -2.09. The van der Waals surface area contributed by atoms with E-state index in [4.69, 9.17) is 9.47 Å². The highest BCUT2D eigenvalue weighted by atomic mass is 32.2. The molecular weight excluding hydrogens is 429 g/mol. The fourth-order valence-electron chi connectivity index (χ4n) is 2.89. The van der Waals surface area contributed by atoms with Crippen LogP contribution < -0.4 is 20.3 Å². The lowest BCUT2D eigenvalue weighted by molar-refractivity contribution is -0.122. The third-order valence-electron chi connectivity index (χ3n) is 4.44. The summed E-state index contributed by atoms with van der Waals surface area (Å²) in [5.41, 5.74) is 0.0942. The van der Waals surface area contributed by atoms with E-state index in [-0.39, 0.29) is 18.2 Å². The molecule has 1 N–H and O–H groups in total. The Kier molecular flexibility index (Phi) is 5.42. The molecule has 0 saturated carbocycles. The fourth-order valence-corrected chi connectivity index (χ4v) is 4.11. The normalized spacial score (nSPS) is 12.5. The molecule has 0 bridgehead atoms. The highest BCUT2D eigenvalue weighted by Gasteiger charge is 2.21. The van der Waals surface area contributed by atoms with Gasteiger partial charge in [0.1, 0.15) is 12.4 Å². The Morgan fingerprint density at radius 3 is 2.71 bits per heavy atom. The minimum atomic E-state index is -4.17. The lowest BCUT2D eigenvalue weighted by Crippen LogP contribution is -2.33. The van der Waals surface area contributed by atoms with Crippen molar-refractivity contribution >= 4 is 15.7 Å². The zero-order chi connectivity index (χ0) is 22.0. The summed E-state index contributed by atoms with van der Waals surface area (Å²) in [4.78, 5) is 24.0. The summed E-state index contributed by atoms with van der Waals surface area (Å²) in [6, 6.07) is 11.6. The van der Waals surface area contributed by atoms with E-state index >= 15 is 0 Å². The Hall–Kier alpha value is -3.73. The molecule has 2 aromatic carbocycles. The van der Waals surface area contributed by atoms with Crippen molar-refractivity contribution in [2.45, 2.75) is 23.0 Å². The number of amides is 1. The van der Waals surface area contributed by atoms with Crippen LogP contribution in [0, 0.1) is 5.82 Å². The molecule has 2 heterocycles. The monoisotopic (exact) mass is 445 g/mol. The maximum Gasteiger partial charge on any atom is 0.267 e. The summed E-state index contributed by atoms with van der Waals surface area (Å²) in [6.07, 6.45) is 0. The van der Waals surface area contributed by atoms with E-state index in [1.807, 2.05) is 0 Å². The highest BCUT2D eigenvalue weighted by molar-refractivity contribution is 7.91. The van der Waals surface area contributed by atoms with Crippen LogP contribution in [0.3, 0.4) is 0 Å². The van der Waals surface area contributed by atoms with Gasteiger partial charge in [-0.05, 0) is 42.0 Å². The summed E-state index contributed by atoms with van der Waals surface area (Å²) in [7, 11) is -4.17. The van der Waals surface area contributed by atoms with Crippen LogP contribution in [0.25, 0.3) is 0 Å². The van der Waals surface area contributed by atoms with Crippen LogP contribution in [0.4, 0.5) is 4.39 Å². The molecule has 4 rings (SSSR count). The molecular formula is C20H16FN3O6S. The maximum atomic E-state index is 13.4. The summed E-state index contributed by atoms with van der Waals surface area (Å²) < 4.78 is 50.0. The molecule has 0 radical (unpaired) electrons. The number of carbonyl (C=O) groups is 1. The van der Waals surface area contributed by atoms with Crippen LogP contribution in [-0.2, 0) is 27.7 Å². The van der Waals surface area contributed by atoms with E-state index in [0.29, 0.717) is 11.5 Å². The van der Waals surface area contributed by atoms with Crippen molar-refractivity contribution in [3.8, 4) is 11.5 Å². The van der Waals surface area contributed by atoms with Gasteiger partial charge < -0.3 is 14.8 Å². The van der Waals surface area contributed by atoms with Crippen LogP contribution in [0.1, 0.15) is 5.56 Å². The topological polar surface area (TPSA) is 117 Å². The molecule has 3 aromatic rings. The number of benzene rings is 2. The molecule has 31 heavy (non-hydrogen) atoms. The number of nitrogens with one attached hydrogen (secondary N) is 1. The summed E-state index contributed by atoms with van der Waals surface area (Å²) in [5, 5.41) is 5.95. The van der Waals surface area contributed by atoms with E-state index in [2.05, 4.69) is 10.4 Å². The van der Waals surface area contributed by atoms with Crippen molar-refractivity contribution in [1.82, 2.24) is 15.1 Å². The van der Waals surface area contributed by atoms with E-state index in [1.165, 1.54) is 12.1 Å². The second kappa shape index (κ2) is 8.19. The average molecular weight is 445 g/mol. The first kappa shape index (κ1) is 20.5. The second-order valence-corrected chi connectivity index (χ2v) is 8.49. The van der Waals surface area contributed by atoms with Gasteiger partial charge in [-0.3, -0.25) is 9.59 Å². The highest BCUT2D eigenvalue weighted by Crippen LogP contribution is 2.32. The second-order valence-electron chi connectivity index (χ2n) is 6.59. The molecule has 11 heteroatoms. The zero-order valence-electron chi connectivity index (χ0n) is 15.9. The van der Waals surface area contributed by atoms with Crippen molar-refractivity contribution < 1.29 is 27.1 Å². The van der Waals surface area contributed by atoms with Crippen molar-refractivity contribution in [3.63, 3.8) is 0 Å². The quantitative estimate of drug-likeness (QED) is 0.607. The summed E-state index contributed by atoms with van der Waals surface area (Å²) in [6.45, 7) is -0.198. The molecule has 1 aliphatic rings. The van der Waals surface area contributed by atoms with E-state index in [0.717, 1.165) is 34.5 Å². The molecule has 1 aromatic heterocycles. The molecule has 1 aliphatic heterocycles. The summed E-state index contributed by atoms with van der Waals surface area (Å²) >= 11 is 0. The number of halogens is 1. The molecule has 0 aliphatic carbocycles. The zero-order valence-corrected chi connectivity index (χ0v) is 16.8. The van der Waals surface area contributed by atoms with Gasteiger partial charge in [0.25, 0.3) is 5.56 Å². The Labute approximate surface area is 176 Å². The first-order valence-electron chi connectivity index (χ1n) is 9.07. The number of carbonyl (C=O) groups excluding carboxylic acids is 1. The number of hydrogen-bond donors (Lipinski definition) is 1. The van der Waals surface area contributed by atoms with Crippen LogP contribution in [0.2, 0.25) is 0 Å². The standard InChI is InChI=1S/C20H16FN3O6S/c21-14-2-1-3-15(9-14)31(27,28)19-6-7-20(26)24(23-19)11-18(25)22-10-13-4-5-16-17(8-13)30-12-29-16/h1-9H,10-12H2,(H,22,25). The number of ether oxygens (including phenoxy) is 2. The van der Waals surface area contributed by atoms with E-state index < -0.39 is 38.7 Å². The smallest absolute Gasteiger partial charge is 0.267 e. The van der Waals surface area contributed by atoms with Gasteiger partial charge in [-0.2, -0.15) is 5.10 Å². The Bertz CT molecular complexity index is 1320. The molecule has 0 spiro atoms. The molecule has 0 saturated heterocycles. The Morgan fingerprint density at radius 1 is 1.10 bits per heavy atom. The van der Waals surface area contributed by atoms with Gasteiger partial charge in [-0.15, -0.1) is 0 Å². The molecule has 9 nitrogen and oxygen atoms in total. The van der Waals surface area contributed by atoms with Crippen LogP contribution in [0.15, 0.2) is 69.3 Å². The first-order valence-corrected chi connectivity index (χ1v) is 10.6. The average Bonchev–Trinajstić information content (AvgIpc) is 3.21.